The van der Waals surface area contributed by atoms with Crippen LogP contribution < -0.4 is 4.72 Å². The Morgan fingerprint density at radius 3 is 2.52 bits per heavy atom. The van der Waals surface area contributed by atoms with Crippen molar-refractivity contribution in [2.75, 3.05) is 0 Å². The molecule has 136 valence electrons. The Morgan fingerprint density at radius 1 is 1.00 bits per heavy atom. The first kappa shape index (κ1) is 17.6. The molecule has 0 saturated heterocycles. The van der Waals surface area contributed by atoms with E-state index in [1.54, 1.807) is 29.2 Å². The zero-order chi connectivity index (χ0) is 18.7. The molecule has 1 aromatic carbocycles. The van der Waals surface area contributed by atoms with E-state index in [1.165, 1.54) is 11.3 Å². The molecule has 27 heavy (non-hydrogen) atoms. The standard InChI is InChI=1S/C19H16N4O2S2/c24-27(25,21-13-15-7-4-5-11-20-15)18-14-23(16-8-2-1-3-9-16)22-19(18)17-10-6-12-26-17/h1-12,14,21H,13H2. The lowest BCUT2D eigenvalue weighted by Crippen LogP contribution is -2.23. The summed E-state index contributed by atoms with van der Waals surface area (Å²) >= 11 is 1.45. The molecule has 3 heterocycles. The molecule has 0 saturated carbocycles. The number of nitrogens with zero attached hydrogens (tertiary/aromatic N) is 3. The molecule has 0 aliphatic heterocycles. The van der Waals surface area contributed by atoms with Crippen LogP contribution in [0.25, 0.3) is 16.3 Å². The minimum absolute atomic E-state index is 0.115. The molecule has 6 nitrogen and oxygen atoms in total. The molecule has 0 radical (unpaired) electrons. The van der Waals surface area contributed by atoms with Crippen molar-refractivity contribution in [1.29, 1.82) is 0 Å². The van der Waals surface area contributed by atoms with Crippen LogP contribution in [0.5, 0.6) is 0 Å². The predicted molar refractivity (Wildman–Crippen MR) is 105 cm³/mol. The zero-order valence-electron chi connectivity index (χ0n) is 14.2. The van der Waals surface area contributed by atoms with Gasteiger partial charge in [0.2, 0.25) is 10.0 Å². The lowest BCUT2D eigenvalue weighted by molar-refractivity contribution is 0.580. The summed E-state index contributed by atoms with van der Waals surface area (Å²) < 4.78 is 30.2. The largest absolute Gasteiger partial charge is 0.260 e. The van der Waals surface area contributed by atoms with Gasteiger partial charge in [0, 0.05) is 6.20 Å². The van der Waals surface area contributed by atoms with Gasteiger partial charge in [0.15, 0.2) is 0 Å². The average molecular weight is 396 g/mol. The SMILES string of the molecule is O=S(=O)(NCc1ccccn1)c1cn(-c2ccccc2)nc1-c1cccs1. The molecule has 0 aliphatic rings. The summed E-state index contributed by atoms with van der Waals surface area (Å²) in [4.78, 5) is 5.09. The van der Waals surface area contributed by atoms with Crippen LogP contribution >= 0.6 is 11.3 Å². The monoisotopic (exact) mass is 396 g/mol. The van der Waals surface area contributed by atoms with Crippen LogP contribution in [0, 0.1) is 0 Å². The second-order valence-electron chi connectivity index (χ2n) is 5.75. The Hall–Kier alpha value is -2.81. The molecule has 3 aromatic heterocycles. The summed E-state index contributed by atoms with van der Waals surface area (Å²) in [6.07, 6.45) is 3.18. The Morgan fingerprint density at radius 2 is 1.81 bits per heavy atom. The maximum absolute atomic E-state index is 13.0. The molecule has 0 atom stereocenters. The van der Waals surface area contributed by atoms with E-state index in [9.17, 15) is 8.42 Å². The molecule has 0 fully saturated rings. The highest BCUT2D eigenvalue weighted by Crippen LogP contribution is 2.30. The van der Waals surface area contributed by atoms with Gasteiger partial charge in [0.05, 0.1) is 29.0 Å². The van der Waals surface area contributed by atoms with Crippen LogP contribution in [0.1, 0.15) is 5.69 Å². The normalized spacial score (nSPS) is 11.6. The van der Waals surface area contributed by atoms with Gasteiger partial charge in [-0.15, -0.1) is 11.3 Å². The highest BCUT2D eigenvalue weighted by Gasteiger charge is 2.24. The molecule has 4 aromatic rings. The van der Waals surface area contributed by atoms with Crippen molar-refractivity contribution in [3.63, 3.8) is 0 Å². The van der Waals surface area contributed by atoms with Crippen molar-refractivity contribution in [3.8, 4) is 16.3 Å². The van der Waals surface area contributed by atoms with Gasteiger partial charge >= 0.3 is 0 Å². The smallest absolute Gasteiger partial charge is 0.244 e. The van der Waals surface area contributed by atoms with Crippen LogP contribution in [-0.2, 0) is 16.6 Å². The summed E-state index contributed by atoms with van der Waals surface area (Å²) in [5.41, 5.74) is 1.87. The van der Waals surface area contributed by atoms with Crippen molar-refractivity contribution in [2.24, 2.45) is 0 Å². The van der Waals surface area contributed by atoms with Gasteiger partial charge in [-0.2, -0.15) is 5.10 Å². The van der Waals surface area contributed by atoms with Crippen molar-refractivity contribution < 1.29 is 8.42 Å². The minimum Gasteiger partial charge on any atom is -0.260 e. The van der Waals surface area contributed by atoms with E-state index in [4.69, 9.17) is 0 Å². The van der Waals surface area contributed by atoms with E-state index in [-0.39, 0.29) is 11.4 Å². The van der Waals surface area contributed by atoms with E-state index < -0.39 is 10.0 Å². The second kappa shape index (κ2) is 7.43. The van der Waals surface area contributed by atoms with Gasteiger partial charge in [-0.05, 0) is 35.7 Å². The van der Waals surface area contributed by atoms with E-state index in [0.29, 0.717) is 11.4 Å². The maximum atomic E-state index is 13.0. The highest BCUT2D eigenvalue weighted by atomic mass is 32.2. The quantitative estimate of drug-likeness (QED) is 0.541. The summed E-state index contributed by atoms with van der Waals surface area (Å²) in [6, 6.07) is 18.5. The van der Waals surface area contributed by atoms with Crippen molar-refractivity contribution in [1.82, 2.24) is 19.5 Å². The van der Waals surface area contributed by atoms with Gasteiger partial charge in [0.25, 0.3) is 0 Å². The maximum Gasteiger partial charge on any atom is 0.244 e. The van der Waals surface area contributed by atoms with Crippen molar-refractivity contribution in [3.05, 3.63) is 84.1 Å². The Kier molecular flexibility index (Phi) is 4.85. The lowest BCUT2D eigenvalue weighted by Gasteiger charge is -2.05. The van der Waals surface area contributed by atoms with Gasteiger partial charge in [0.1, 0.15) is 10.6 Å². The molecule has 4 rings (SSSR count). The van der Waals surface area contributed by atoms with Crippen LogP contribution in [0.4, 0.5) is 0 Å². The number of rotatable bonds is 6. The summed E-state index contributed by atoms with van der Waals surface area (Å²) in [5, 5.41) is 6.43. The lowest BCUT2D eigenvalue weighted by atomic mass is 10.3. The third kappa shape index (κ3) is 3.82. The summed E-state index contributed by atoms with van der Waals surface area (Å²) in [6.45, 7) is 0.115. The zero-order valence-corrected chi connectivity index (χ0v) is 15.8. The second-order valence-corrected chi connectivity index (χ2v) is 8.43. The van der Waals surface area contributed by atoms with E-state index in [2.05, 4.69) is 14.8 Å². The summed E-state index contributed by atoms with van der Waals surface area (Å²) in [5.74, 6) is 0. The highest BCUT2D eigenvalue weighted by molar-refractivity contribution is 7.89. The number of hydrogen-bond acceptors (Lipinski definition) is 5. The Labute approximate surface area is 161 Å². The Balaban J connectivity index is 1.73. The van der Waals surface area contributed by atoms with Gasteiger partial charge in [-0.25, -0.2) is 17.8 Å². The van der Waals surface area contributed by atoms with Crippen LogP contribution in [-0.4, -0.2) is 23.2 Å². The number of benzene rings is 1. The topological polar surface area (TPSA) is 76.9 Å². The first-order valence-electron chi connectivity index (χ1n) is 8.22. The molecule has 1 N–H and O–H groups in total. The minimum atomic E-state index is -3.77. The molecule has 0 bridgehead atoms. The van der Waals surface area contributed by atoms with Crippen LogP contribution in [0.3, 0.4) is 0 Å². The molecule has 0 aliphatic carbocycles. The fourth-order valence-corrected chi connectivity index (χ4v) is 4.53. The number of hydrogen-bond donors (Lipinski definition) is 1. The summed E-state index contributed by atoms with van der Waals surface area (Å²) in [7, 11) is -3.77. The number of pyridine rings is 1. The van der Waals surface area contributed by atoms with E-state index >= 15 is 0 Å². The predicted octanol–water partition coefficient (Wildman–Crippen LogP) is 3.47. The Bertz CT molecular complexity index is 1120. The number of nitrogens with one attached hydrogen (secondary N) is 1. The third-order valence-corrected chi connectivity index (χ3v) is 6.19. The van der Waals surface area contributed by atoms with Crippen LogP contribution in [0.2, 0.25) is 0 Å². The molecule has 0 spiro atoms. The molecule has 0 amide bonds. The van der Waals surface area contributed by atoms with Crippen molar-refractivity contribution in [2.45, 2.75) is 11.4 Å². The first-order valence-corrected chi connectivity index (χ1v) is 10.6. The number of thiophene rings is 1. The van der Waals surface area contributed by atoms with Crippen LogP contribution in [0.15, 0.2) is 83.3 Å². The number of sulfonamides is 1. The molecule has 8 heteroatoms. The molecule has 0 unspecified atom stereocenters. The first-order chi connectivity index (χ1) is 13.1. The molecular weight excluding hydrogens is 380 g/mol. The van der Waals surface area contributed by atoms with Gasteiger partial charge < -0.3 is 0 Å². The van der Waals surface area contributed by atoms with Crippen molar-refractivity contribution >= 4 is 21.4 Å². The molecular formula is C19H16N4O2S2. The van der Waals surface area contributed by atoms with E-state index in [0.717, 1.165) is 10.6 Å². The van der Waals surface area contributed by atoms with E-state index in [1.807, 2.05) is 53.9 Å². The fraction of sp³-hybridized carbons (Fsp3) is 0.0526. The third-order valence-electron chi connectivity index (χ3n) is 3.91. The number of aromatic nitrogens is 3. The fourth-order valence-electron chi connectivity index (χ4n) is 2.60. The van der Waals surface area contributed by atoms with Gasteiger partial charge in [-0.1, -0.05) is 30.3 Å². The number of para-hydroxylation sites is 1. The van der Waals surface area contributed by atoms with Gasteiger partial charge in [-0.3, -0.25) is 4.98 Å². The average Bonchev–Trinajstić information content (AvgIpc) is 3.38.